The van der Waals surface area contributed by atoms with Gasteiger partial charge in [0.1, 0.15) is 0 Å². The molecule has 3 N–H and O–H groups in total. The van der Waals surface area contributed by atoms with Crippen LogP contribution < -0.4 is 11.1 Å². The van der Waals surface area contributed by atoms with Crippen LogP contribution in [0.2, 0.25) is 0 Å². The summed E-state index contributed by atoms with van der Waals surface area (Å²) < 4.78 is 0. The molecule has 0 atom stereocenters. The lowest BCUT2D eigenvalue weighted by Gasteiger charge is -2.00. The lowest BCUT2D eigenvalue weighted by atomic mass is 10.3. The fourth-order valence-corrected chi connectivity index (χ4v) is 1.52. The summed E-state index contributed by atoms with van der Waals surface area (Å²) in [5.74, 6) is 0. The Hall–Kier alpha value is -0.450. The molecule has 0 fully saturated rings. The van der Waals surface area contributed by atoms with Crippen LogP contribution in [0, 0.1) is 0 Å². The minimum Gasteiger partial charge on any atom is -0.330 e. The number of rotatable bonds is 6. The summed E-state index contributed by atoms with van der Waals surface area (Å²) in [7, 11) is 0. The molecule has 0 amide bonds. The van der Waals surface area contributed by atoms with Crippen LogP contribution in [-0.2, 0) is 6.42 Å². The molecule has 1 rings (SSSR count). The van der Waals surface area contributed by atoms with Gasteiger partial charge >= 0.3 is 0 Å². The third-order valence-corrected chi connectivity index (χ3v) is 2.23. The first kappa shape index (κ1) is 9.64. The molecule has 0 saturated carbocycles. The van der Waals surface area contributed by atoms with Crippen molar-refractivity contribution in [3.63, 3.8) is 0 Å². The van der Waals surface area contributed by atoms with Crippen molar-refractivity contribution in [2.75, 3.05) is 19.6 Å². The van der Waals surface area contributed by atoms with E-state index in [9.17, 15) is 0 Å². The largest absolute Gasteiger partial charge is 0.330 e. The number of nitrogens with two attached hydrogens (primary N) is 1. The van der Waals surface area contributed by atoms with Crippen molar-refractivity contribution in [2.45, 2.75) is 12.8 Å². The number of hydrogen-bond acceptors (Lipinski definition) is 4. The lowest BCUT2D eigenvalue weighted by Crippen LogP contribution is -2.20. The highest BCUT2D eigenvalue weighted by Crippen LogP contribution is 2.00. The van der Waals surface area contributed by atoms with Crippen LogP contribution in [0.1, 0.15) is 12.1 Å². The first-order valence-corrected chi connectivity index (χ1v) is 5.15. The van der Waals surface area contributed by atoms with E-state index >= 15 is 0 Å². The third kappa shape index (κ3) is 3.80. The molecule has 0 aliphatic carbocycles. The Bertz CT molecular complexity index is 186. The molecule has 0 unspecified atom stereocenters. The van der Waals surface area contributed by atoms with Crippen molar-refractivity contribution in [2.24, 2.45) is 5.73 Å². The van der Waals surface area contributed by atoms with Crippen LogP contribution >= 0.6 is 11.3 Å². The van der Waals surface area contributed by atoms with Crippen LogP contribution in [0.5, 0.6) is 0 Å². The molecule has 12 heavy (non-hydrogen) atoms. The molecule has 4 heteroatoms. The summed E-state index contributed by atoms with van der Waals surface area (Å²) in [5.41, 5.74) is 8.41. The summed E-state index contributed by atoms with van der Waals surface area (Å²) in [5, 5.41) is 5.40. The van der Waals surface area contributed by atoms with Gasteiger partial charge in [-0.05, 0) is 19.5 Å². The summed E-state index contributed by atoms with van der Waals surface area (Å²) in [6.45, 7) is 2.79. The molecule has 0 saturated heterocycles. The van der Waals surface area contributed by atoms with Crippen LogP contribution in [-0.4, -0.2) is 24.6 Å². The van der Waals surface area contributed by atoms with Gasteiger partial charge in [-0.15, -0.1) is 11.3 Å². The molecular weight excluding hydrogens is 170 g/mol. The van der Waals surface area contributed by atoms with Gasteiger partial charge in [0.05, 0.1) is 11.2 Å². The van der Waals surface area contributed by atoms with E-state index in [1.165, 1.54) is 5.69 Å². The fourth-order valence-electron chi connectivity index (χ4n) is 0.930. The van der Waals surface area contributed by atoms with Crippen molar-refractivity contribution in [3.05, 3.63) is 16.6 Å². The zero-order valence-corrected chi connectivity index (χ0v) is 7.94. The second-order valence-electron chi connectivity index (χ2n) is 2.62. The minimum atomic E-state index is 0.768. The van der Waals surface area contributed by atoms with Crippen LogP contribution in [0.4, 0.5) is 0 Å². The van der Waals surface area contributed by atoms with E-state index in [2.05, 4.69) is 15.7 Å². The Kier molecular flexibility index (Phi) is 4.91. The molecule has 0 bridgehead atoms. The maximum Gasteiger partial charge on any atom is 0.0794 e. The number of aromatic nitrogens is 1. The van der Waals surface area contributed by atoms with Gasteiger partial charge in [0, 0.05) is 18.3 Å². The maximum absolute atomic E-state index is 5.35. The van der Waals surface area contributed by atoms with Crippen molar-refractivity contribution < 1.29 is 0 Å². The highest BCUT2D eigenvalue weighted by molar-refractivity contribution is 7.07. The van der Waals surface area contributed by atoms with Gasteiger partial charge in [-0.25, -0.2) is 4.98 Å². The van der Waals surface area contributed by atoms with E-state index < -0.39 is 0 Å². The lowest BCUT2D eigenvalue weighted by molar-refractivity contribution is 0.649. The topological polar surface area (TPSA) is 50.9 Å². The second kappa shape index (κ2) is 6.11. The highest BCUT2D eigenvalue weighted by atomic mass is 32.1. The standard InChI is InChI=1S/C8H15N3S/c9-3-1-4-10-5-2-8-6-12-7-11-8/h6-7,10H,1-5,9H2. The molecule has 0 aromatic carbocycles. The Morgan fingerprint density at radius 2 is 2.42 bits per heavy atom. The molecular formula is C8H15N3S. The predicted octanol–water partition coefficient (Wildman–Crippen LogP) is 0.624. The number of thiazole rings is 1. The van der Waals surface area contributed by atoms with Crippen molar-refractivity contribution >= 4 is 11.3 Å². The smallest absolute Gasteiger partial charge is 0.0794 e. The van der Waals surface area contributed by atoms with Gasteiger partial charge in [-0.3, -0.25) is 0 Å². The van der Waals surface area contributed by atoms with Gasteiger partial charge in [-0.2, -0.15) is 0 Å². The summed E-state index contributed by atoms with van der Waals surface area (Å²) in [6, 6.07) is 0. The number of nitrogens with zero attached hydrogens (tertiary/aromatic N) is 1. The van der Waals surface area contributed by atoms with Crippen LogP contribution in [0.15, 0.2) is 10.9 Å². The molecule has 1 heterocycles. The average Bonchev–Trinajstić information content (AvgIpc) is 2.57. The Morgan fingerprint density at radius 1 is 1.50 bits per heavy atom. The van der Waals surface area contributed by atoms with Crippen molar-refractivity contribution in [1.29, 1.82) is 0 Å². The molecule has 0 aliphatic rings. The van der Waals surface area contributed by atoms with E-state index in [4.69, 9.17) is 5.73 Å². The Balaban J connectivity index is 1.96. The summed E-state index contributed by atoms with van der Waals surface area (Å²) in [6.07, 6.45) is 2.07. The molecule has 68 valence electrons. The fraction of sp³-hybridized carbons (Fsp3) is 0.625. The monoisotopic (exact) mass is 185 g/mol. The van der Waals surface area contributed by atoms with Gasteiger partial charge < -0.3 is 11.1 Å². The van der Waals surface area contributed by atoms with Gasteiger partial charge in [0.2, 0.25) is 0 Å². The van der Waals surface area contributed by atoms with E-state index in [0.29, 0.717) is 0 Å². The van der Waals surface area contributed by atoms with E-state index in [1.54, 1.807) is 11.3 Å². The minimum absolute atomic E-state index is 0.768. The first-order valence-electron chi connectivity index (χ1n) is 4.21. The first-order chi connectivity index (χ1) is 5.93. The normalized spacial score (nSPS) is 10.4. The van der Waals surface area contributed by atoms with Crippen molar-refractivity contribution in [3.8, 4) is 0 Å². The molecule has 0 spiro atoms. The Morgan fingerprint density at radius 3 is 3.08 bits per heavy atom. The second-order valence-corrected chi connectivity index (χ2v) is 3.34. The summed E-state index contributed by atoms with van der Waals surface area (Å²) >= 11 is 1.65. The van der Waals surface area contributed by atoms with E-state index in [0.717, 1.165) is 32.5 Å². The zero-order valence-electron chi connectivity index (χ0n) is 7.12. The molecule has 0 aliphatic heterocycles. The highest BCUT2D eigenvalue weighted by Gasteiger charge is 1.93. The van der Waals surface area contributed by atoms with Gasteiger partial charge in [-0.1, -0.05) is 0 Å². The third-order valence-electron chi connectivity index (χ3n) is 1.60. The van der Waals surface area contributed by atoms with Crippen LogP contribution in [0.25, 0.3) is 0 Å². The quantitative estimate of drug-likeness (QED) is 0.639. The SMILES string of the molecule is NCCCNCCc1cscn1. The van der Waals surface area contributed by atoms with Gasteiger partial charge in [0.15, 0.2) is 0 Å². The molecule has 3 nitrogen and oxygen atoms in total. The maximum atomic E-state index is 5.35. The Labute approximate surface area is 77.0 Å². The van der Waals surface area contributed by atoms with E-state index in [-0.39, 0.29) is 0 Å². The predicted molar refractivity (Wildman–Crippen MR) is 52.4 cm³/mol. The number of nitrogens with one attached hydrogen (secondary N) is 1. The average molecular weight is 185 g/mol. The van der Waals surface area contributed by atoms with Crippen molar-refractivity contribution in [1.82, 2.24) is 10.3 Å². The van der Waals surface area contributed by atoms with Gasteiger partial charge in [0.25, 0.3) is 0 Å². The van der Waals surface area contributed by atoms with Crippen LogP contribution in [0.3, 0.4) is 0 Å². The number of hydrogen-bond donors (Lipinski definition) is 2. The van der Waals surface area contributed by atoms with E-state index in [1.807, 2.05) is 5.51 Å². The zero-order chi connectivity index (χ0) is 8.65. The molecule has 1 aromatic rings. The molecule has 0 radical (unpaired) electrons. The summed E-state index contributed by atoms with van der Waals surface area (Å²) in [4.78, 5) is 4.19. The molecule has 1 aromatic heterocycles.